The largest absolute Gasteiger partial charge is 0.393 e. The molecule has 0 unspecified atom stereocenters. The van der Waals surface area contributed by atoms with Crippen molar-refractivity contribution < 1.29 is 0 Å². The summed E-state index contributed by atoms with van der Waals surface area (Å²) >= 11 is 0. The molecule has 2 aromatic carbocycles. The summed E-state index contributed by atoms with van der Waals surface area (Å²) in [5.74, 6) is 2.42. The molecule has 4 aromatic rings. The number of nitrogens with one attached hydrogen (secondary N) is 1. The molecule has 1 aliphatic heterocycles. The van der Waals surface area contributed by atoms with Gasteiger partial charge in [-0.25, -0.2) is 15.0 Å². The molecule has 0 saturated carbocycles. The van der Waals surface area contributed by atoms with Gasteiger partial charge in [0.05, 0.1) is 6.04 Å². The van der Waals surface area contributed by atoms with E-state index >= 15 is 0 Å². The topological polar surface area (TPSA) is 83.2 Å². The molecule has 5 rings (SSSR count). The first-order valence-electron chi connectivity index (χ1n) is 11.2. The molecule has 166 valence electrons. The maximum Gasteiger partial charge on any atom is 0.157 e. The van der Waals surface area contributed by atoms with Gasteiger partial charge < -0.3 is 20.9 Å². The number of rotatable bonds is 6. The van der Waals surface area contributed by atoms with Crippen LogP contribution in [0.15, 0.2) is 91.4 Å². The van der Waals surface area contributed by atoms with E-state index in [1.165, 1.54) is 0 Å². The summed E-state index contributed by atoms with van der Waals surface area (Å²) in [6.07, 6.45) is 3.42. The number of piperazine rings is 1. The van der Waals surface area contributed by atoms with Crippen LogP contribution in [0.3, 0.4) is 0 Å². The monoisotopic (exact) mass is 437 g/mol. The lowest BCUT2D eigenvalue weighted by Gasteiger charge is -2.36. The number of hydrogen-bond donors (Lipinski definition) is 2. The van der Waals surface area contributed by atoms with Gasteiger partial charge in [0.25, 0.3) is 0 Å². The van der Waals surface area contributed by atoms with Crippen molar-refractivity contribution in [2.75, 3.05) is 47.0 Å². The fourth-order valence-electron chi connectivity index (χ4n) is 4.23. The maximum atomic E-state index is 6.61. The van der Waals surface area contributed by atoms with Gasteiger partial charge in [0.2, 0.25) is 0 Å². The van der Waals surface area contributed by atoms with E-state index in [9.17, 15) is 0 Å². The predicted octanol–water partition coefficient (Wildman–Crippen LogP) is 3.98. The number of anilines is 4. The average molecular weight is 438 g/mol. The van der Waals surface area contributed by atoms with Crippen LogP contribution in [0.25, 0.3) is 0 Å². The minimum Gasteiger partial charge on any atom is -0.393 e. The Kier molecular flexibility index (Phi) is 6.01. The molecule has 1 saturated heterocycles. The highest BCUT2D eigenvalue weighted by atomic mass is 15.3. The predicted molar refractivity (Wildman–Crippen MR) is 133 cm³/mol. The average Bonchev–Trinajstić information content (AvgIpc) is 2.90. The summed E-state index contributed by atoms with van der Waals surface area (Å²) in [6.45, 7) is 3.36. The van der Waals surface area contributed by atoms with Crippen LogP contribution in [0.1, 0.15) is 17.2 Å². The fourth-order valence-corrected chi connectivity index (χ4v) is 4.23. The number of pyridine rings is 1. The van der Waals surface area contributed by atoms with Crippen LogP contribution in [-0.2, 0) is 0 Å². The molecule has 0 atom stereocenters. The van der Waals surface area contributed by atoms with Gasteiger partial charge in [0, 0.05) is 32.4 Å². The molecule has 1 fully saturated rings. The molecule has 0 spiro atoms. The van der Waals surface area contributed by atoms with E-state index in [1.807, 2.05) is 60.8 Å². The molecule has 0 bridgehead atoms. The number of benzene rings is 2. The Labute approximate surface area is 193 Å². The van der Waals surface area contributed by atoms with E-state index in [0.29, 0.717) is 11.5 Å². The van der Waals surface area contributed by atoms with E-state index in [-0.39, 0.29) is 6.04 Å². The minimum absolute atomic E-state index is 0.0709. The first-order valence-corrected chi connectivity index (χ1v) is 11.2. The molecule has 0 aliphatic carbocycles. The van der Waals surface area contributed by atoms with Gasteiger partial charge in [0.1, 0.15) is 17.8 Å². The van der Waals surface area contributed by atoms with Crippen molar-refractivity contribution in [3.05, 3.63) is 103 Å². The lowest BCUT2D eigenvalue weighted by Crippen LogP contribution is -2.47. The Morgan fingerprint density at radius 2 is 1.30 bits per heavy atom. The summed E-state index contributed by atoms with van der Waals surface area (Å²) in [5, 5.41) is 3.57. The van der Waals surface area contributed by atoms with Crippen LogP contribution in [0.5, 0.6) is 0 Å². The van der Waals surface area contributed by atoms with Gasteiger partial charge in [-0.05, 0) is 23.3 Å². The standard InChI is InChI=1S/C26H27N7/c27-23-25(31-24(20-9-3-1-4-10-20)21-11-5-2-6-12-21)29-19-30-26(23)33-17-15-32(16-18-33)22-13-7-8-14-28-22/h1-14,19,24H,15-18,27H2,(H,29,30,31). The third-order valence-corrected chi connectivity index (χ3v) is 5.96. The number of hydrogen-bond acceptors (Lipinski definition) is 7. The Hall–Kier alpha value is -4.13. The second-order valence-electron chi connectivity index (χ2n) is 8.02. The van der Waals surface area contributed by atoms with E-state index in [0.717, 1.165) is 48.9 Å². The van der Waals surface area contributed by atoms with Gasteiger partial charge in [-0.1, -0.05) is 66.7 Å². The quantitative estimate of drug-likeness (QED) is 0.472. The normalized spacial score (nSPS) is 13.8. The molecule has 33 heavy (non-hydrogen) atoms. The van der Waals surface area contributed by atoms with Crippen molar-refractivity contribution in [3.8, 4) is 0 Å². The summed E-state index contributed by atoms with van der Waals surface area (Å²) in [6, 6.07) is 26.6. The molecule has 1 aliphatic rings. The summed E-state index contributed by atoms with van der Waals surface area (Å²) in [7, 11) is 0. The van der Waals surface area contributed by atoms with Crippen LogP contribution in [-0.4, -0.2) is 41.1 Å². The highest BCUT2D eigenvalue weighted by Gasteiger charge is 2.23. The van der Waals surface area contributed by atoms with Crippen LogP contribution in [0.4, 0.5) is 23.1 Å². The highest BCUT2D eigenvalue weighted by Crippen LogP contribution is 2.32. The number of aromatic nitrogens is 3. The van der Waals surface area contributed by atoms with Crippen LogP contribution in [0.2, 0.25) is 0 Å². The van der Waals surface area contributed by atoms with Crippen molar-refractivity contribution in [2.45, 2.75) is 6.04 Å². The molecule has 7 nitrogen and oxygen atoms in total. The Morgan fingerprint density at radius 3 is 1.91 bits per heavy atom. The first-order chi connectivity index (χ1) is 16.3. The highest BCUT2D eigenvalue weighted by molar-refractivity contribution is 5.76. The molecule has 0 amide bonds. The fraction of sp³-hybridized carbons (Fsp3) is 0.192. The zero-order chi connectivity index (χ0) is 22.5. The zero-order valence-electron chi connectivity index (χ0n) is 18.4. The molecule has 2 aromatic heterocycles. The lowest BCUT2D eigenvalue weighted by molar-refractivity contribution is 0.642. The van der Waals surface area contributed by atoms with Crippen molar-refractivity contribution in [2.24, 2.45) is 0 Å². The molecular formula is C26H27N7. The van der Waals surface area contributed by atoms with Crippen molar-refractivity contribution >= 4 is 23.1 Å². The van der Waals surface area contributed by atoms with Gasteiger partial charge in [-0.15, -0.1) is 0 Å². The molecular weight excluding hydrogens is 410 g/mol. The van der Waals surface area contributed by atoms with Crippen LogP contribution < -0.4 is 20.9 Å². The zero-order valence-corrected chi connectivity index (χ0v) is 18.4. The van der Waals surface area contributed by atoms with E-state index in [1.54, 1.807) is 6.33 Å². The number of nitrogens with zero attached hydrogens (tertiary/aromatic N) is 5. The Bertz CT molecular complexity index is 1120. The molecule has 7 heteroatoms. The second kappa shape index (κ2) is 9.56. The summed E-state index contributed by atoms with van der Waals surface area (Å²) < 4.78 is 0. The van der Waals surface area contributed by atoms with E-state index in [4.69, 9.17) is 5.73 Å². The minimum atomic E-state index is -0.0709. The van der Waals surface area contributed by atoms with Crippen molar-refractivity contribution in [1.82, 2.24) is 15.0 Å². The lowest BCUT2D eigenvalue weighted by atomic mass is 9.99. The first kappa shape index (κ1) is 20.8. The smallest absolute Gasteiger partial charge is 0.157 e. The van der Waals surface area contributed by atoms with Crippen LogP contribution >= 0.6 is 0 Å². The molecule has 3 heterocycles. The van der Waals surface area contributed by atoms with Crippen molar-refractivity contribution in [3.63, 3.8) is 0 Å². The molecule has 3 N–H and O–H groups in total. The van der Waals surface area contributed by atoms with Gasteiger partial charge in [0.15, 0.2) is 11.6 Å². The number of nitrogens with two attached hydrogens (primary N) is 1. The molecule has 0 radical (unpaired) electrons. The summed E-state index contributed by atoms with van der Waals surface area (Å²) in [4.78, 5) is 18.0. The van der Waals surface area contributed by atoms with E-state index in [2.05, 4.69) is 54.3 Å². The third kappa shape index (κ3) is 4.57. The van der Waals surface area contributed by atoms with Crippen LogP contribution in [0, 0.1) is 0 Å². The Morgan fingerprint density at radius 1 is 0.697 bits per heavy atom. The second-order valence-corrected chi connectivity index (χ2v) is 8.02. The Balaban J connectivity index is 1.37. The van der Waals surface area contributed by atoms with Crippen molar-refractivity contribution in [1.29, 1.82) is 0 Å². The number of nitrogen functional groups attached to an aromatic ring is 1. The SMILES string of the molecule is Nc1c(NC(c2ccccc2)c2ccccc2)ncnc1N1CCN(c2ccccn2)CC1. The van der Waals surface area contributed by atoms with Gasteiger partial charge >= 0.3 is 0 Å². The van der Waals surface area contributed by atoms with Gasteiger partial charge in [-0.2, -0.15) is 0 Å². The third-order valence-electron chi connectivity index (χ3n) is 5.96. The van der Waals surface area contributed by atoms with E-state index < -0.39 is 0 Å². The maximum absolute atomic E-state index is 6.61. The summed E-state index contributed by atoms with van der Waals surface area (Å²) in [5.41, 5.74) is 9.47. The van der Waals surface area contributed by atoms with Gasteiger partial charge in [-0.3, -0.25) is 0 Å².